The van der Waals surface area contributed by atoms with Crippen molar-refractivity contribution in [2.45, 2.75) is 26.7 Å². The second kappa shape index (κ2) is 8.83. The van der Waals surface area contributed by atoms with Gasteiger partial charge in [-0.1, -0.05) is 43.3 Å². The molecule has 0 radical (unpaired) electrons. The Bertz CT molecular complexity index is 1140. The van der Waals surface area contributed by atoms with Gasteiger partial charge in [0.1, 0.15) is 0 Å². The molecule has 0 unspecified atom stereocenters. The van der Waals surface area contributed by atoms with Crippen molar-refractivity contribution < 1.29 is 4.79 Å². The van der Waals surface area contributed by atoms with Gasteiger partial charge in [-0.2, -0.15) is 5.10 Å². The summed E-state index contributed by atoms with van der Waals surface area (Å²) in [5.74, 6) is -0.314. The molecule has 3 rings (SSSR count). The first kappa shape index (κ1) is 20.5. The third-order valence-electron chi connectivity index (χ3n) is 4.65. The number of nitrogens with one attached hydrogen (secondary N) is 3. The number of fused-ring (bicyclic) bond motifs is 1. The number of nitrogens with zero attached hydrogens (tertiary/aromatic N) is 2. The minimum absolute atomic E-state index is 0.00875. The molecule has 0 saturated heterocycles. The van der Waals surface area contributed by atoms with Gasteiger partial charge in [0.15, 0.2) is 5.11 Å². The molecule has 0 aliphatic heterocycles. The third kappa shape index (κ3) is 4.60. The molecule has 29 heavy (non-hydrogen) atoms. The Labute approximate surface area is 174 Å². The molecule has 0 aliphatic carbocycles. The number of aromatic nitrogens is 2. The molecule has 0 bridgehead atoms. The number of carbonyl (C=O) groups excluding carboxylic acids is 1. The van der Waals surface area contributed by atoms with Crippen LogP contribution in [0.5, 0.6) is 0 Å². The minimum Gasteiger partial charge on any atom is -0.331 e. The van der Waals surface area contributed by atoms with E-state index in [0.29, 0.717) is 21.6 Å². The van der Waals surface area contributed by atoms with Crippen molar-refractivity contribution in [1.29, 1.82) is 0 Å². The van der Waals surface area contributed by atoms with E-state index in [1.165, 1.54) is 4.68 Å². The number of aryl methyl sites for hydroxylation is 3. The lowest BCUT2D eigenvalue weighted by molar-refractivity contribution is -0.121. The van der Waals surface area contributed by atoms with Crippen LogP contribution in [0, 0.1) is 6.92 Å². The number of anilines is 1. The van der Waals surface area contributed by atoms with Gasteiger partial charge in [-0.15, -0.1) is 0 Å². The van der Waals surface area contributed by atoms with Crippen LogP contribution in [0.2, 0.25) is 0 Å². The first-order chi connectivity index (χ1) is 13.9. The summed E-state index contributed by atoms with van der Waals surface area (Å²) < 4.78 is 1.25. The molecule has 0 spiro atoms. The normalized spacial score (nSPS) is 10.6. The van der Waals surface area contributed by atoms with Crippen molar-refractivity contribution in [2.75, 3.05) is 5.32 Å². The van der Waals surface area contributed by atoms with Crippen molar-refractivity contribution in [3.63, 3.8) is 0 Å². The second-order valence-electron chi connectivity index (χ2n) is 6.69. The summed E-state index contributed by atoms with van der Waals surface area (Å²) in [6.45, 7) is 4.07. The molecule has 0 atom stereocenters. The van der Waals surface area contributed by atoms with E-state index < -0.39 is 0 Å². The Hall–Kier alpha value is -3.26. The van der Waals surface area contributed by atoms with Crippen molar-refractivity contribution in [2.24, 2.45) is 7.05 Å². The molecule has 0 saturated carbocycles. The SMILES string of the molecule is CCc1cccc(C)c1NC(=S)NNC(=O)Cc1nn(C)c(=O)c2ccccc12. The van der Waals surface area contributed by atoms with Gasteiger partial charge in [0.2, 0.25) is 5.91 Å². The van der Waals surface area contributed by atoms with Gasteiger partial charge >= 0.3 is 0 Å². The van der Waals surface area contributed by atoms with Gasteiger partial charge in [0.25, 0.3) is 5.56 Å². The number of para-hydroxylation sites is 1. The standard InChI is InChI=1S/C21H23N5O2S/c1-4-14-9-7-8-13(2)19(14)22-21(29)24-23-18(27)12-17-15-10-5-6-11-16(15)20(28)26(3)25-17/h5-11H,4,12H2,1-3H3,(H,23,27)(H2,22,24,29). The monoisotopic (exact) mass is 409 g/mol. The van der Waals surface area contributed by atoms with Gasteiger partial charge in [-0.25, -0.2) is 4.68 Å². The Balaban J connectivity index is 1.67. The fraction of sp³-hybridized carbons (Fsp3) is 0.238. The average Bonchev–Trinajstić information content (AvgIpc) is 2.72. The Morgan fingerprint density at radius 1 is 1.10 bits per heavy atom. The van der Waals surface area contributed by atoms with Gasteiger partial charge in [0.05, 0.1) is 17.5 Å². The lowest BCUT2D eigenvalue weighted by atomic mass is 10.1. The molecule has 7 nitrogen and oxygen atoms in total. The number of amides is 1. The van der Waals surface area contributed by atoms with Crippen LogP contribution < -0.4 is 21.7 Å². The van der Waals surface area contributed by atoms with Crippen molar-refractivity contribution >= 4 is 39.7 Å². The van der Waals surface area contributed by atoms with Gasteiger partial charge in [-0.05, 0) is 42.8 Å². The third-order valence-corrected chi connectivity index (χ3v) is 4.86. The van der Waals surface area contributed by atoms with Crippen LogP contribution in [0.15, 0.2) is 47.3 Å². The number of thiocarbonyl (C=S) groups is 1. The highest BCUT2D eigenvalue weighted by molar-refractivity contribution is 7.80. The van der Waals surface area contributed by atoms with E-state index in [9.17, 15) is 9.59 Å². The van der Waals surface area contributed by atoms with Crippen LogP contribution >= 0.6 is 12.2 Å². The first-order valence-electron chi connectivity index (χ1n) is 9.30. The summed E-state index contributed by atoms with van der Waals surface area (Å²) >= 11 is 5.30. The summed E-state index contributed by atoms with van der Waals surface area (Å²) in [6, 6.07) is 13.2. The van der Waals surface area contributed by atoms with Crippen molar-refractivity contribution in [3.05, 3.63) is 69.6 Å². The number of hydrogen-bond acceptors (Lipinski definition) is 4. The van der Waals surface area contributed by atoms with Crippen LogP contribution in [0.4, 0.5) is 5.69 Å². The summed E-state index contributed by atoms with van der Waals surface area (Å²) in [5.41, 5.74) is 8.79. The van der Waals surface area contributed by atoms with E-state index in [0.717, 1.165) is 23.2 Å². The summed E-state index contributed by atoms with van der Waals surface area (Å²) in [4.78, 5) is 24.6. The lowest BCUT2D eigenvalue weighted by Gasteiger charge is -2.16. The topological polar surface area (TPSA) is 88.0 Å². The Morgan fingerprint density at radius 2 is 1.83 bits per heavy atom. The van der Waals surface area contributed by atoms with Crippen molar-refractivity contribution in [1.82, 2.24) is 20.6 Å². The molecule has 1 aromatic heterocycles. The maximum Gasteiger partial charge on any atom is 0.274 e. The highest BCUT2D eigenvalue weighted by Gasteiger charge is 2.13. The van der Waals surface area contributed by atoms with Crippen LogP contribution in [-0.4, -0.2) is 20.8 Å². The molecule has 2 aromatic carbocycles. The van der Waals surface area contributed by atoms with Crippen LogP contribution in [0.25, 0.3) is 10.8 Å². The maximum absolute atomic E-state index is 12.4. The second-order valence-corrected chi connectivity index (χ2v) is 7.10. The molecule has 1 heterocycles. The zero-order chi connectivity index (χ0) is 21.0. The van der Waals surface area contributed by atoms with Gasteiger partial charge < -0.3 is 5.32 Å². The summed E-state index contributed by atoms with van der Waals surface area (Å²) in [7, 11) is 1.57. The largest absolute Gasteiger partial charge is 0.331 e. The zero-order valence-corrected chi connectivity index (χ0v) is 17.4. The number of hydrazine groups is 1. The van der Waals surface area contributed by atoms with Crippen molar-refractivity contribution in [3.8, 4) is 0 Å². The minimum atomic E-state index is -0.314. The summed E-state index contributed by atoms with van der Waals surface area (Å²) in [5, 5.41) is 8.87. The quantitative estimate of drug-likeness (QED) is 0.453. The predicted molar refractivity (Wildman–Crippen MR) is 119 cm³/mol. The predicted octanol–water partition coefficient (Wildman–Crippen LogP) is 2.36. The highest BCUT2D eigenvalue weighted by Crippen LogP contribution is 2.20. The molecular formula is C21H23N5O2S. The fourth-order valence-electron chi connectivity index (χ4n) is 3.18. The van der Waals surface area contributed by atoms with Gasteiger partial charge in [0, 0.05) is 18.1 Å². The molecule has 3 N–H and O–H groups in total. The molecule has 1 amide bonds. The fourth-order valence-corrected chi connectivity index (χ4v) is 3.33. The van der Waals surface area contributed by atoms with Crippen LogP contribution in [-0.2, 0) is 24.7 Å². The smallest absolute Gasteiger partial charge is 0.274 e. The van der Waals surface area contributed by atoms with E-state index in [1.54, 1.807) is 25.2 Å². The highest BCUT2D eigenvalue weighted by atomic mass is 32.1. The first-order valence-corrected chi connectivity index (χ1v) is 9.70. The Morgan fingerprint density at radius 3 is 2.55 bits per heavy atom. The van der Waals surface area contributed by atoms with E-state index in [4.69, 9.17) is 12.2 Å². The molecule has 0 fully saturated rings. The molecule has 3 aromatic rings. The van der Waals surface area contributed by atoms with Crippen LogP contribution in [0.1, 0.15) is 23.7 Å². The molecule has 8 heteroatoms. The molecule has 150 valence electrons. The number of benzene rings is 2. The number of carbonyl (C=O) groups is 1. The average molecular weight is 410 g/mol. The zero-order valence-electron chi connectivity index (χ0n) is 16.6. The molecular weight excluding hydrogens is 386 g/mol. The lowest BCUT2D eigenvalue weighted by Crippen LogP contribution is -2.44. The Kier molecular flexibility index (Phi) is 6.23. The van der Waals surface area contributed by atoms with Gasteiger partial charge in [-0.3, -0.25) is 20.4 Å². The summed E-state index contributed by atoms with van der Waals surface area (Å²) in [6.07, 6.45) is 0.874. The van der Waals surface area contributed by atoms with E-state index in [2.05, 4.69) is 28.2 Å². The van der Waals surface area contributed by atoms with Crippen LogP contribution in [0.3, 0.4) is 0 Å². The number of hydrogen-bond donors (Lipinski definition) is 3. The molecule has 0 aliphatic rings. The number of rotatable bonds is 4. The van der Waals surface area contributed by atoms with E-state index in [1.807, 2.05) is 31.2 Å². The van der Waals surface area contributed by atoms with E-state index >= 15 is 0 Å². The maximum atomic E-state index is 12.4. The van der Waals surface area contributed by atoms with E-state index in [-0.39, 0.29) is 17.9 Å².